The lowest BCUT2D eigenvalue weighted by atomic mass is 10.0. The van der Waals surface area contributed by atoms with E-state index in [1.54, 1.807) is 13.2 Å². The maximum Gasteiger partial charge on any atom is 0.258 e. The Morgan fingerprint density at radius 1 is 1.44 bits per heavy atom. The molecule has 1 aromatic heterocycles. The van der Waals surface area contributed by atoms with E-state index in [1.165, 1.54) is 0 Å². The lowest BCUT2D eigenvalue weighted by Crippen LogP contribution is -2.24. The lowest BCUT2D eigenvalue weighted by molar-refractivity contribution is -0.0106. The predicted molar refractivity (Wildman–Crippen MR) is 68.8 cm³/mol. The number of anilines is 1. The van der Waals surface area contributed by atoms with Gasteiger partial charge in [-0.25, -0.2) is 0 Å². The molecule has 0 aliphatic carbocycles. The van der Waals surface area contributed by atoms with E-state index in [0.29, 0.717) is 17.4 Å². The average molecular weight is 247 g/mol. The van der Waals surface area contributed by atoms with Crippen molar-refractivity contribution >= 4 is 5.69 Å². The van der Waals surface area contributed by atoms with E-state index in [0.717, 1.165) is 12.0 Å². The van der Waals surface area contributed by atoms with E-state index in [1.807, 2.05) is 32.0 Å². The van der Waals surface area contributed by atoms with Gasteiger partial charge in [0.2, 0.25) is 5.82 Å². The summed E-state index contributed by atoms with van der Waals surface area (Å²) in [6, 6.07) is 7.34. The monoisotopic (exact) mass is 247 g/mol. The van der Waals surface area contributed by atoms with Gasteiger partial charge in [0, 0.05) is 18.4 Å². The van der Waals surface area contributed by atoms with Gasteiger partial charge in [0.1, 0.15) is 5.60 Å². The minimum Gasteiger partial charge on any atom is -0.399 e. The topological polar surface area (TPSA) is 74.2 Å². The molecule has 0 aliphatic heterocycles. The van der Waals surface area contributed by atoms with Gasteiger partial charge in [-0.1, -0.05) is 18.1 Å². The highest BCUT2D eigenvalue weighted by molar-refractivity contribution is 5.59. The van der Waals surface area contributed by atoms with Gasteiger partial charge in [-0.3, -0.25) is 0 Å². The molecule has 18 heavy (non-hydrogen) atoms. The van der Waals surface area contributed by atoms with Crippen molar-refractivity contribution < 1.29 is 9.26 Å². The smallest absolute Gasteiger partial charge is 0.258 e. The van der Waals surface area contributed by atoms with Crippen LogP contribution in [0.1, 0.15) is 26.1 Å². The van der Waals surface area contributed by atoms with E-state index in [4.69, 9.17) is 15.0 Å². The minimum absolute atomic E-state index is 0.453. The van der Waals surface area contributed by atoms with Crippen LogP contribution < -0.4 is 5.73 Å². The maximum atomic E-state index is 5.73. The molecule has 0 amide bonds. The molecule has 5 nitrogen and oxygen atoms in total. The van der Waals surface area contributed by atoms with E-state index in [9.17, 15) is 0 Å². The predicted octanol–water partition coefficient (Wildman–Crippen LogP) is 2.59. The summed E-state index contributed by atoms with van der Waals surface area (Å²) in [6.45, 7) is 3.95. The van der Waals surface area contributed by atoms with Crippen LogP contribution in [0.25, 0.3) is 11.5 Å². The number of nitrogens with two attached hydrogens (primary N) is 1. The van der Waals surface area contributed by atoms with Crippen molar-refractivity contribution in [2.45, 2.75) is 25.9 Å². The van der Waals surface area contributed by atoms with Gasteiger partial charge < -0.3 is 15.0 Å². The Kier molecular flexibility index (Phi) is 3.34. The third-order valence-electron chi connectivity index (χ3n) is 3.16. The molecule has 0 saturated carbocycles. The van der Waals surface area contributed by atoms with Crippen LogP contribution in [-0.2, 0) is 10.3 Å². The second kappa shape index (κ2) is 4.78. The molecule has 0 fully saturated rings. The van der Waals surface area contributed by atoms with E-state index in [-0.39, 0.29) is 0 Å². The number of nitrogen functional groups attached to an aromatic ring is 1. The molecule has 2 aromatic rings. The van der Waals surface area contributed by atoms with Crippen LogP contribution in [-0.4, -0.2) is 17.3 Å². The van der Waals surface area contributed by atoms with Crippen LogP contribution in [0, 0.1) is 0 Å². The molecule has 1 atom stereocenters. The van der Waals surface area contributed by atoms with Gasteiger partial charge in [0.25, 0.3) is 5.89 Å². The summed E-state index contributed by atoms with van der Waals surface area (Å²) in [5, 5.41) is 3.98. The van der Waals surface area contributed by atoms with Gasteiger partial charge >= 0.3 is 0 Å². The fourth-order valence-corrected chi connectivity index (χ4v) is 1.62. The van der Waals surface area contributed by atoms with Crippen LogP contribution in [0.3, 0.4) is 0 Å². The van der Waals surface area contributed by atoms with Crippen molar-refractivity contribution in [3.8, 4) is 11.5 Å². The Balaban J connectivity index is 2.36. The number of rotatable bonds is 4. The van der Waals surface area contributed by atoms with Crippen LogP contribution in [0.2, 0.25) is 0 Å². The zero-order valence-corrected chi connectivity index (χ0v) is 10.8. The number of hydrogen-bond donors (Lipinski definition) is 1. The fraction of sp³-hybridized carbons (Fsp3) is 0.385. The molecule has 96 valence electrons. The molecule has 5 heteroatoms. The SMILES string of the molecule is CCC(C)(OC)c1noc(-c2cccc(N)c2)n1. The highest BCUT2D eigenvalue weighted by Gasteiger charge is 2.30. The van der Waals surface area contributed by atoms with Gasteiger partial charge in [0.15, 0.2) is 0 Å². The molecule has 2 rings (SSSR count). The molecule has 1 heterocycles. The molecule has 0 spiro atoms. The summed E-state index contributed by atoms with van der Waals surface area (Å²) >= 11 is 0. The van der Waals surface area contributed by atoms with Crippen molar-refractivity contribution in [3.05, 3.63) is 30.1 Å². The normalized spacial score (nSPS) is 14.4. The number of ether oxygens (including phenoxy) is 1. The number of benzene rings is 1. The third kappa shape index (κ3) is 2.22. The summed E-state index contributed by atoms with van der Waals surface area (Å²) in [6.07, 6.45) is 0.763. The molecule has 0 bridgehead atoms. The maximum absolute atomic E-state index is 5.73. The first-order valence-corrected chi connectivity index (χ1v) is 5.84. The fourth-order valence-electron chi connectivity index (χ4n) is 1.62. The van der Waals surface area contributed by atoms with Crippen molar-refractivity contribution in [1.82, 2.24) is 10.1 Å². The number of hydrogen-bond acceptors (Lipinski definition) is 5. The number of methoxy groups -OCH3 is 1. The summed E-state index contributed by atoms with van der Waals surface area (Å²) in [4.78, 5) is 4.38. The largest absolute Gasteiger partial charge is 0.399 e. The molecular weight excluding hydrogens is 230 g/mol. The molecule has 0 radical (unpaired) electrons. The number of aromatic nitrogens is 2. The van der Waals surface area contributed by atoms with Crippen molar-refractivity contribution in [3.63, 3.8) is 0 Å². The van der Waals surface area contributed by atoms with Crippen molar-refractivity contribution in [2.24, 2.45) is 0 Å². The zero-order chi connectivity index (χ0) is 13.2. The first kappa shape index (κ1) is 12.6. The molecule has 2 N–H and O–H groups in total. The van der Waals surface area contributed by atoms with E-state index in [2.05, 4.69) is 10.1 Å². The molecule has 1 unspecified atom stereocenters. The van der Waals surface area contributed by atoms with E-state index >= 15 is 0 Å². The Morgan fingerprint density at radius 2 is 2.22 bits per heavy atom. The molecule has 0 aliphatic rings. The second-order valence-corrected chi connectivity index (χ2v) is 4.34. The Hall–Kier alpha value is -1.88. The zero-order valence-electron chi connectivity index (χ0n) is 10.8. The molecule has 0 saturated heterocycles. The Bertz CT molecular complexity index is 533. The highest BCUT2D eigenvalue weighted by atomic mass is 16.5. The number of nitrogens with zero attached hydrogens (tertiary/aromatic N) is 2. The standard InChI is InChI=1S/C13H17N3O2/c1-4-13(2,17-3)12-15-11(18-16-12)9-6-5-7-10(14)8-9/h5-8H,4,14H2,1-3H3. The minimum atomic E-state index is -0.526. The van der Waals surface area contributed by atoms with Crippen molar-refractivity contribution in [1.29, 1.82) is 0 Å². The summed E-state index contributed by atoms with van der Waals surface area (Å²) in [5.41, 5.74) is 6.67. The van der Waals surface area contributed by atoms with Crippen LogP contribution >= 0.6 is 0 Å². The van der Waals surface area contributed by atoms with Gasteiger partial charge in [0.05, 0.1) is 0 Å². The first-order chi connectivity index (χ1) is 8.59. The van der Waals surface area contributed by atoms with Crippen molar-refractivity contribution in [2.75, 3.05) is 12.8 Å². The second-order valence-electron chi connectivity index (χ2n) is 4.34. The quantitative estimate of drug-likeness (QED) is 0.840. The lowest BCUT2D eigenvalue weighted by Gasteiger charge is -2.21. The third-order valence-corrected chi connectivity index (χ3v) is 3.16. The van der Waals surface area contributed by atoms with Crippen LogP contribution in [0.15, 0.2) is 28.8 Å². The summed E-state index contributed by atoms with van der Waals surface area (Å²) < 4.78 is 10.7. The summed E-state index contributed by atoms with van der Waals surface area (Å²) in [5.74, 6) is 0.999. The van der Waals surface area contributed by atoms with Gasteiger partial charge in [-0.05, 0) is 31.5 Å². The molecular formula is C13H17N3O2. The Morgan fingerprint density at radius 3 is 2.83 bits per heavy atom. The van der Waals surface area contributed by atoms with E-state index < -0.39 is 5.60 Å². The highest BCUT2D eigenvalue weighted by Crippen LogP contribution is 2.28. The Labute approximate surface area is 106 Å². The summed E-state index contributed by atoms with van der Waals surface area (Å²) in [7, 11) is 1.64. The average Bonchev–Trinajstić information content (AvgIpc) is 2.88. The van der Waals surface area contributed by atoms with Gasteiger partial charge in [-0.15, -0.1) is 0 Å². The van der Waals surface area contributed by atoms with Gasteiger partial charge in [-0.2, -0.15) is 4.98 Å². The van der Waals surface area contributed by atoms with Crippen LogP contribution in [0.5, 0.6) is 0 Å². The molecule has 1 aromatic carbocycles. The van der Waals surface area contributed by atoms with Crippen LogP contribution in [0.4, 0.5) is 5.69 Å². The first-order valence-electron chi connectivity index (χ1n) is 5.84.